The highest BCUT2D eigenvalue weighted by molar-refractivity contribution is 6.35. The van der Waals surface area contributed by atoms with Crippen LogP contribution in [0.3, 0.4) is 0 Å². The smallest absolute Gasteiger partial charge is 0.255 e. The first-order valence-corrected chi connectivity index (χ1v) is 9.32. The molecule has 0 aliphatic carbocycles. The Morgan fingerprint density at radius 2 is 1.46 bits per heavy atom. The van der Waals surface area contributed by atoms with Crippen LogP contribution in [0.5, 0.6) is 0 Å². The van der Waals surface area contributed by atoms with Crippen molar-refractivity contribution >= 4 is 35.0 Å². The number of benzene rings is 2. The number of aryl methyl sites for hydroxylation is 1. The molecule has 3 rings (SSSR count). The van der Waals surface area contributed by atoms with Gasteiger partial charge in [0.2, 0.25) is 0 Å². The van der Waals surface area contributed by atoms with Gasteiger partial charge >= 0.3 is 0 Å². The van der Waals surface area contributed by atoms with Gasteiger partial charge in [0.15, 0.2) is 0 Å². The molecule has 1 heterocycles. The molecule has 0 radical (unpaired) electrons. The molecule has 6 heteroatoms. The zero-order valence-electron chi connectivity index (χ0n) is 14.5. The lowest BCUT2D eigenvalue weighted by atomic mass is 10.1. The molecule has 26 heavy (non-hydrogen) atoms. The summed E-state index contributed by atoms with van der Waals surface area (Å²) in [4.78, 5) is 29.2. The van der Waals surface area contributed by atoms with E-state index in [1.807, 2.05) is 36.1 Å². The van der Waals surface area contributed by atoms with Crippen LogP contribution >= 0.6 is 23.2 Å². The maximum Gasteiger partial charge on any atom is 0.255 e. The lowest BCUT2D eigenvalue weighted by Crippen LogP contribution is -2.37. The number of hydrogen-bond donors (Lipinski definition) is 0. The monoisotopic (exact) mass is 390 g/mol. The Morgan fingerprint density at radius 3 is 2.12 bits per heavy atom. The second kappa shape index (κ2) is 8.11. The van der Waals surface area contributed by atoms with Gasteiger partial charge in [-0.2, -0.15) is 0 Å². The van der Waals surface area contributed by atoms with Crippen molar-refractivity contribution in [2.45, 2.75) is 13.3 Å². The Morgan fingerprint density at radius 1 is 0.846 bits per heavy atom. The largest absolute Gasteiger partial charge is 0.337 e. The molecule has 136 valence electrons. The first-order chi connectivity index (χ1) is 12.5. The number of rotatable bonds is 2. The van der Waals surface area contributed by atoms with Gasteiger partial charge < -0.3 is 9.80 Å². The number of carbonyl (C=O) groups excluding carboxylic acids is 2. The van der Waals surface area contributed by atoms with Crippen LogP contribution in [0.15, 0.2) is 42.5 Å². The Balaban J connectivity index is 1.72. The second-order valence-electron chi connectivity index (χ2n) is 6.38. The summed E-state index contributed by atoms with van der Waals surface area (Å²) in [5.74, 6) is -0.138. The molecule has 0 N–H and O–H groups in total. The number of hydrogen-bond acceptors (Lipinski definition) is 2. The molecule has 1 aliphatic rings. The molecule has 0 aromatic heterocycles. The fourth-order valence-electron chi connectivity index (χ4n) is 3.14. The molecule has 0 saturated carbocycles. The van der Waals surface area contributed by atoms with Crippen LogP contribution in [0.4, 0.5) is 0 Å². The third-order valence-electron chi connectivity index (χ3n) is 4.60. The van der Waals surface area contributed by atoms with E-state index in [0.717, 1.165) is 12.0 Å². The van der Waals surface area contributed by atoms with E-state index in [1.54, 1.807) is 23.1 Å². The summed E-state index contributed by atoms with van der Waals surface area (Å²) in [7, 11) is 0. The predicted molar refractivity (Wildman–Crippen MR) is 104 cm³/mol. The van der Waals surface area contributed by atoms with Gasteiger partial charge in [0.1, 0.15) is 0 Å². The van der Waals surface area contributed by atoms with Crippen LogP contribution in [-0.4, -0.2) is 47.8 Å². The minimum atomic E-state index is -0.150. The molecule has 2 aromatic carbocycles. The van der Waals surface area contributed by atoms with Crippen LogP contribution in [-0.2, 0) is 0 Å². The van der Waals surface area contributed by atoms with E-state index in [4.69, 9.17) is 23.2 Å². The van der Waals surface area contributed by atoms with Gasteiger partial charge in [-0.3, -0.25) is 9.59 Å². The van der Waals surface area contributed by atoms with Gasteiger partial charge in [0.05, 0.1) is 10.6 Å². The molecule has 2 amide bonds. The van der Waals surface area contributed by atoms with E-state index >= 15 is 0 Å². The lowest BCUT2D eigenvalue weighted by Gasteiger charge is -2.23. The van der Waals surface area contributed by atoms with Crippen LogP contribution in [0.25, 0.3) is 0 Å². The highest BCUT2D eigenvalue weighted by Gasteiger charge is 2.25. The maximum atomic E-state index is 12.8. The van der Waals surface area contributed by atoms with Gasteiger partial charge in [-0.1, -0.05) is 41.4 Å². The highest BCUT2D eigenvalue weighted by atomic mass is 35.5. The van der Waals surface area contributed by atoms with Crippen molar-refractivity contribution in [2.24, 2.45) is 0 Å². The average molecular weight is 391 g/mol. The summed E-state index contributed by atoms with van der Waals surface area (Å²) in [6.07, 6.45) is 0.724. The van der Waals surface area contributed by atoms with Crippen molar-refractivity contribution in [3.8, 4) is 0 Å². The maximum absolute atomic E-state index is 12.8. The number of carbonyl (C=O) groups is 2. The number of amides is 2. The van der Waals surface area contributed by atoms with Crippen molar-refractivity contribution in [2.75, 3.05) is 26.2 Å². The van der Waals surface area contributed by atoms with Crippen LogP contribution < -0.4 is 0 Å². The molecule has 1 saturated heterocycles. The fourth-order valence-corrected chi connectivity index (χ4v) is 3.51. The zero-order chi connectivity index (χ0) is 18.7. The van der Waals surface area contributed by atoms with Gasteiger partial charge in [-0.25, -0.2) is 0 Å². The Kier molecular flexibility index (Phi) is 5.84. The fraction of sp³-hybridized carbons (Fsp3) is 0.300. The third-order valence-corrected chi connectivity index (χ3v) is 5.17. The van der Waals surface area contributed by atoms with E-state index in [0.29, 0.717) is 47.4 Å². The van der Waals surface area contributed by atoms with Crippen molar-refractivity contribution < 1.29 is 9.59 Å². The third kappa shape index (κ3) is 4.02. The van der Waals surface area contributed by atoms with E-state index in [2.05, 4.69) is 0 Å². The van der Waals surface area contributed by atoms with Crippen molar-refractivity contribution in [3.05, 3.63) is 69.2 Å². The van der Waals surface area contributed by atoms with Crippen molar-refractivity contribution in [1.82, 2.24) is 9.80 Å². The summed E-state index contributed by atoms with van der Waals surface area (Å²) in [5.41, 5.74) is 2.07. The average Bonchev–Trinajstić information content (AvgIpc) is 2.89. The molecule has 0 spiro atoms. The predicted octanol–water partition coefficient (Wildman–Crippen LogP) is 4.29. The van der Waals surface area contributed by atoms with Crippen LogP contribution in [0.2, 0.25) is 10.0 Å². The topological polar surface area (TPSA) is 40.6 Å². The summed E-state index contributed by atoms with van der Waals surface area (Å²) in [6.45, 7) is 4.11. The van der Waals surface area contributed by atoms with E-state index < -0.39 is 0 Å². The van der Waals surface area contributed by atoms with E-state index in [1.165, 1.54) is 0 Å². The Hall–Kier alpha value is -2.04. The Bertz CT molecular complexity index is 838. The molecule has 2 aromatic rings. The van der Waals surface area contributed by atoms with Crippen LogP contribution in [0.1, 0.15) is 32.7 Å². The molecule has 0 bridgehead atoms. The van der Waals surface area contributed by atoms with Crippen molar-refractivity contribution in [1.29, 1.82) is 0 Å². The van der Waals surface area contributed by atoms with Gasteiger partial charge in [0.25, 0.3) is 11.8 Å². The molecule has 1 fully saturated rings. The van der Waals surface area contributed by atoms with Gasteiger partial charge in [-0.05, 0) is 43.2 Å². The standard InChI is InChI=1S/C20H20Cl2N2O2/c1-14-5-2-3-6-16(14)19(25)23-9-4-10-24(12-11-23)20(26)17-13-15(21)7-8-18(17)22/h2-3,5-8,13H,4,9-12H2,1H3. The molecular weight excluding hydrogens is 371 g/mol. The first-order valence-electron chi connectivity index (χ1n) is 8.56. The first kappa shape index (κ1) is 18.7. The zero-order valence-corrected chi connectivity index (χ0v) is 16.1. The molecule has 4 nitrogen and oxygen atoms in total. The van der Waals surface area contributed by atoms with Crippen LogP contribution in [0, 0.1) is 6.92 Å². The SMILES string of the molecule is Cc1ccccc1C(=O)N1CCCN(C(=O)c2cc(Cl)ccc2Cl)CC1. The summed E-state index contributed by atoms with van der Waals surface area (Å²) in [5, 5.41) is 0.861. The summed E-state index contributed by atoms with van der Waals surface area (Å²) >= 11 is 12.2. The lowest BCUT2D eigenvalue weighted by molar-refractivity contribution is 0.0718. The minimum absolute atomic E-state index is 0.0122. The second-order valence-corrected chi connectivity index (χ2v) is 7.22. The number of nitrogens with zero attached hydrogens (tertiary/aromatic N) is 2. The molecular formula is C20H20Cl2N2O2. The molecule has 0 atom stereocenters. The summed E-state index contributed by atoms with van der Waals surface area (Å²) < 4.78 is 0. The Labute approximate surface area is 163 Å². The van der Waals surface area contributed by atoms with Gasteiger partial charge in [0, 0.05) is 36.8 Å². The molecule has 1 aliphatic heterocycles. The highest BCUT2D eigenvalue weighted by Crippen LogP contribution is 2.23. The normalized spacial score (nSPS) is 14.9. The number of halogens is 2. The van der Waals surface area contributed by atoms with E-state index in [-0.39, 0.29) is 11.8 Å². The minimum Gasteiger partial charge on any atom is -0.337 e. The quantitative estimate of drug-likeness (QED) is 0.766. The summed E-state index contributed by atoms with van der Waals surface area (Å²) in [6, 6.07) is 12.4. The van der Waals surface area contributed by atoms with Gasteiger partial charge in [-0.15, -0.1) is 0 Å². The molecule has 0 unspecified atom stereocenters. The van der Waals surface area contributed by atoms with Crippen molar-refractivity contribution in [3.63, 3.8) is 0 Å². The van der Waals surface area contributed by atoms with E-state index in [9.17, 15) is 9.59 Å².